The maximum absolute atomic E-state index is 14.0. The normalized spacial score (nSPS) is 17.4. The average molecular weight is 591 g/mol. The molecule has 10 heteroatoms. The van der Waals surface area contributed by atoms with E-state index >= 15 is 0 Å². The van der Waals surface area contributed by atoms with Gasteiger partial charge in [0.1, 0.15) is 22.3 Å². The Labute approximate surface area is 252 Å². The smallest absolute Gasteiger partial charge is 0.414 e. The number of amides is 1. The number of Topliss-reactive ketones (excluding diaryl/α,β-unsaturated/α-hetero) is 1. The van der Waals surface area contributed by atoms with Crippen molar-refractivity contribution in [2.45, 2.75) is 78.9 Å². The lowest BCUT2D eigenvalue weighted by Crippen LogP contribution is -2.41. The third kappa shape index (κ3) is 8.43. The quantitative estimate of drug-likeness (QED) is 0.222. The summed E-state index contributed by atoms with van der Waals surface area (Å²) in [5.41, 5.74) is 1.85. The number of nitrogens with zero attached hydrogens (tertiary/aromatic N) is 3. The average Bonchev–Trinajstić information content (AvgIpc) is 3.23. The SMILES string of the molecule is C=Cc1cnc2c(C(=O)Cc3cnccc3N3C[C@H](C)C[C@H](CC(=O)OC(C)(C)C)C3)c(NC(=O)OC(C)(C)C)oc2c1. The van der Waals surface area contributed by atoms with Crippen molar-refractivity contribution in [3.8, 4) is 0 Å². The lowest BCUT2D eigenvalue weighted by molar-refractivity contribution is -0.156. The fraction of sp³-hybridized carbons (Fsp3) is 0.485. The number of carbonyl (C=O) groups is 3. The Hall–Kier alpha value is -4.21. The van der Waals surface area contributed by atoms with Crippen LogP contribution in [0.3, 0.4) is 0 Å². The summed E-state index contributed by atoms with van der Waals surface area (Å²) in [5.74, 6) is -0.0871. The molecule has 2 atom stereocenters. The van der Waals surface area contributed by atoms with Crippen molar-refractivity contribution in [1.29, 1.82) is 0 Å². The second kappa shape index (κ2) is 12.6. The van der Waals surface area contributed by atoms with Crippen LogP contribution in [0, 0.1) is 11.8 Å². The minimum absolute atomic E-state index is 0.00664. The van der Waals surface area contributed by atoms with Gasteiger partial charge in [-0.15, -0.1) is 0 Å². The summed E-state index contributed by atoms with van der Waals surface area (Å²) in [7, 11) is 0. The van der Waals surface area contributed by atoms with Crippen molar-refractivity contribution in [1.82, 2.24) is 9.97 Å². The van der Waals surface area contributed by atoms with Gasteiger partial charge in [-0.05, 0) is 77.5 Å². The largest absolute Gasteiger partial charge is 0.460 e. The minimum Gasteiger partial charge on any atom is -0.460 e. The van der Waals surface area contributed by atoms with Gasteiger partial charge in [-0.1, -0.05) is 19.6 Å². The highest BCUT2D eigenvalue weighted by Crippen LogP contribution is 2.34. The molecule has 1 aliphatic heterocycles. The van der Waals surface area contributed by atoms with Gasteiger partial charge in [-0.2, -0.15) is 0 Å². The number of carbonyl (C=O) groups excluding carboxylic acids is 3. The topological polar surface area (TPSA) is 124 Å². The fourth-order valence-electron chi connectivity index (χ4n) is 5.42. The number of furan rings is 1. The van der Waals surface area contributed by atoms with Gasteiger partial charge in [0.15, 0.2) is 11.4 Å². The van der Waals surface area contributed by atoms with Gasteiger partial charge in [0.25, 0.3) is 0 Å². The van der Waals surface area contributed by atoms with E-state index in [1.165, 1.54) is 0 Å². The fourth-order valence-corrected chi connectivity index (χ4v) is 5.42. The van der Waals surface area contributed by atoms with E-state index in [2.05, 4.69) is 33.7 Å². The van der Waals surface area contributed by atoms with E-state index in [1.807, 2.05) is 26.8 Å². The van der Waals surface area contributed by atoms with Gasteiger partial charge in [-0.3, -0.25) is 24.9 Å². The molecule has 1 saturated heterocycles. The van der Waals surface area contributed by atoms with Gasteiger partial charge in [0.2, 0.25) is 5.88 Å². The summed E-state index contributed by atoms with van der Waals surface area (Å²) in [5, 5.41) is 2.60. The maximum Gasteiger partial charge on any atom is 0.414 e. The predicted molar refractivity (Wildman–Crippen MR) is 166 cm³/mol. The second-order valence-electron chi connectivity index (χ2n) is 13.3. The Balaban J connectivity index is 1.61. The second-order valence-corrected chi connectivity index (χ2v) is 13.3. The number of piperidine rings is 1. The maximum atomic E-state index is 14.0. The molecular weight excluding hydrogens is 548 g/mol. The Morgan fingerprint density at radius 2 is 1.84 bits per heavy atom. The van der Waals surface area contributed by atoms with Crippen LogP contribution in [0.15, 0.2) is 41.7 Å². The molecule has 1 amide bonds. The molecule has 0 saturated carbocycles. The van der Waals surface area contributed by atoms with E-state index in [9.17, 15) is 14.4 Å². The molecule has 0 spiro atoms. The molecule has 0 bridgehead atoms. The summed E-state index contributed by atoms with van der Waals surface area (Å²) >= 11 is 0. The standard InChI is InChI=1S/C33H42N4O6/c1-9-21-13-26-29(35-16-21)28(30(41-26)36-31(40)43-33(6,7)8)25(38)15-23-17-34-11-10-24(23)37-18-20(2)12-22(19-37)14-27(39)42-32(3,4)5/h9-11,13,16-17,20,22H,1,12,14-15,18-19H2,2-8H3,(H,36,40)/t20-,22-/m1/s1. The Morgan fingerprint density at radius 3 is 2.51 bits per heavy atom. The number of pyridine rings is 2. The number of anilines is 2. The zero-order valence-corrected chi connectivity index (χ0v) is 26.2. The van der Waals surface area contributed by atoms with Crippen LogP contribution >= 0.6 is 0 Å². The molecule has 1 N–H and O–H groups in total. The monoisotopic (exact) mass is 590 g/mol. The molecule has 1 fully saturated rings. The molecule has 0 unspecified atom stereocenters. The molecule has 4 heterocycles. The number of ether oxygens (including phenoxy) is 2. The van der Waals surface area contributed by atoms with E-state index in [1.54, 1.807) is 51.5 Å². The van der Waals surface area contributed by atoms with Crippen LogP contribution in [-0.2, 0) is 20.7 Å². The third-order valence-electron chi connectivity index (χ3n) is 6.87. The molecule has 10 nitrogen and oxygen atoms in total. The number of esters is 1. The van der Waals surface area contributed by atoms with Gasteiger partial charge in [-0.25, -0.2) is 4.79 Å². The first kappa shape index (κ1) is 31.7. The Morgan fingerprint density at radius 1 is 1.12 bits per heavy atom. The summed E-state index contributed by atoms with van der Waals surface area (Å²) in [4.78, 5) is 50.2. The highest BCUT2D eigenvalue weighted by Gasteiger charge is 2.31. The van der Waals surface area contributed by atoms with Gasteiger partial charge >= 0.3 is 12.1 Å². The van der Waals surface area contributed by atoms with E-state index in [0.717, 1.165) is 24.2 Å². The summed E-state index contributed by atoms with van der Waals surface area (Å²) in [6, 6.07) is 3.61. The first-order chi connectivity index (χ1) is 20.1. The molecule has 1 aliphatic rings. The molecule has 0 aliphatic carbocycles. The molecule has 3 aromatic rings. The van der Waals surface area contributed by atoms with Crippen LogP contribution in [0.1, 0.15) is 82.8 Å². The van der Waals surface area contributed by atoms with Crippen LogP contribution in [0.2, 0.25) is 0 Å². The van der Waals surface area contributed by atoms with Crippen molar-refractivity contribution in [3.63, 3.8) is 0 Å². The summed E-state index contributed by atoms with van der Waals surface area (Å²) in [6.07, 6.45) is 7.08. The van der Waals surface area contributed by atoms with E-state index in [4.69, 9.17) is 13.9 Å². The molecule has 3 aromatic heterocycles. The van der Waals surface area contributed by atoms with Crippen molar-refractivity contribution in [2.24, 2.45) is 11.8 Å². The van der Waals surface area contributed by atoms with E-state index < -0.39 is 17.3 Å². The van der Waals surface area contributed by atoms with Crippen molar-refractivity contribution < 1.29 is 28.3 Å². The number of hydrogen-bond acceptors (Lipinski definition) is 9. The number of aromatic nitrogens is 2. The van der Waals surface area contributed by atoms with Crippen molar-refractivity contribution in [3.05, 3.63) is 54.0 Å². The van der Waals surface area contributed by atoms with Crippen LogP contribution in [-0.4, -0.2) is 52.1 Å². The number of fused-ring (bicyclic) bond motifs is 1. The Bertz CT molecular complexity index is 1510. The molecule has 4 rings (SSSR count). The number of hydrogen-bond donors (Lipinski definition) is 1. The first-order valence-corrected chi connectivity index (χ1v) is 14.6. The van der Waals surface area contributed by atoms with Gasteiger partial charge in [0, 0.05) is 49.4 Å². The van der Waals surface area contributed by atoms with Crippen molar-refractivity contribution in [2.75, 3.05) is 23.3 Å². The van der Waals surface area contributed by atoms with Crippen molar-refractivity contribution >= 4 is 46.6 Å². The molecule has 0 aromatic carbocycles. The van der Waals surface area contributed by atoms with Crippen LogP contribution in [0.4, 0.5) is 16.4 Å². The summed E-state index contributed by atoms with van der Waals surface area (Å²) in [6.45, 7) is 18.2. The molecule has 0 radical (unpaired) electrons. The highest BCUT2D eigenvalue weighted by molar-refractivity contribution is 6.12. The van der Waals surface area contributed by atoms with Gasteiger partial charge in [0.05, 0.1) is 6.42 Å². The van der Waals surface area contributed by atoms with E-state index in [0.29, 0.717) is 35.5 Å². The lowest BCUT2D eigenvalue weighted by Gasteiger charge is -2.38. The highest BCUT2D eigenvalue weighted by atomic mass is 16.6. The lowest BCUT2D eigenvalue weighted by atomic mass is 9.87. The van der Waals surface area contributed by atoms with Crippen LogP contribution < -0.4 is 10.2 Å². The van der Waals surface area contributed by atoms with Crippen LogP contribution in [0.25, 0.3) is 17.2 Å². The van der Waals surface area contributed by atoms with Gasteiger partial charge < -0.3 is 18.8 Å². The van der Waals surface area contributed by atoms with E-state index in [-0.39, 0.29) is 35.5 Å². The summed E-state index contributed by atoms with van der Waals surface area (Å²) < 4.78 is 16.9. The zero-order valence-electron chi connectivity index (χ0n) is 26.2. The number of rotatable bonds is 8. The van der Waals surface area contributed by atoms with Crippen LogP contribution in [0.5, 0.6) is 0 Å². The zero-order chi connectivity index (χ0) is 31.5. The minimum atomic E-state index is -0.745. The Kier molecular flexibility index (Phi) is 9.27. The molecular formula is C33H42N4O6. The third-order valence-corrected chi connectivity index (χ3v) is 6.87. The molecule has 43 heavy (non-hydrogen) atoms. The predicted octanol–water partition coefficient (Wildman–Crippen LogP) is 6.83. The molecule has 230 valence electrons. The first-order valence-electron chi connectivity index (χ1n) is 14.6. The number of ketones is 1. The number of nitrogens with one attached hydrogen (secondary N) is 1.